The molecular weight excluding hydrogens is 314 g/mol. The number of amides is 2. The zero-order chi connectivity index (χ0) is 18.6. The number of carbonyl (C=O) groups is 2. The lowest BCUT2D eigenvalue weighted by Gasteiger charge is -2.30. The van der Waals surface area contributed by atoms with Gasteiger partial charge in [-0.2, -0.15) is 0 Å². The first kappa shape index (κ1) is 19.4. The fraction of sp³-hybridized carbons (Fsp3) is 0.600. The molecule has 0 saturated carbocycles. The van der Waals surface area contributed by atoms with E-state index < -0.39 is 0 Å². The molecule has 0 spiro atoms. The summed E-state index contributed by atoms with van der Waals surface area (Å²) in [7, 11) is 0. The van der Waals surface area contributed by atoms with Crippen LogP contribution in [0.25, 0.3) is 0 Å². The lowest BCUT2D eigenvalue weighted by atomic mass is 9.92. The highest BCUT2D eigenvalue weighted by Gasteiger charge is 2.24. The third-order valence-electron chi connectivity index (χ3n) is 4.99. The number of carbonyl (C=O) groups excluding carboxylic acids is 2. The molecule has 1 aliphatic heterocycles. The maximum Gasteiger partial charge on any atom is 0.238 e. The van der Waals surface area contributed by atoms with Crippen LogP contribution in [0, 0.1) is 5.92 Å². The summed E-state index contributed by atoms with van der Waals surface area (Å²) in [5.74, 6) is 0.429. The van der Waals surface area contributed by atoms with Crippen molar-refractivity contribution < 1.29 is 9.59 Å². The van der Waals surface area contributed by atoms with Crippen LogP contribution >= 0.6 is 0 Å². The van der Waals surface area contributed by atoms with Gasteiger partial charge in [0.25, 0.3) is 0 Å². The van der Waals surface area contributed by atoms with Gasteiger partial charge in [0, 0.05) is 11.6 Å². The van der Waals surface area contributed by atoms with E-state index in [0.717, 1.165) is 31.6 Å². The zero-order valence-corrected chi connectivity index (χ0v) is 15.8. The Morgan fingerprint density at radius 3 is 2.08 bits per heavy atom. The molecule has 138 valence electrons. The van der Waals surface area contributed by atoms with Gasteiger partial charge in [0.15, 0.2) is 0 Å². The van der Waals surface area contributed by atoms with Gasteiger partial charge in [-0.05, 0) is 48.9 Å². The van der Waals surface area contributed by atoms with Gasteiger partial charge in [0.2, 0.25) is 11.8 Å². The van der Waals surface area contributed by atoms with E-state index in [1.807, 2.05) is 0 Å². The van der Waals surface area contributed by atoms with Crippen LogP contribution in [0.15, 0.2) is 18.2 Å². The second-order valence-electron chi connectivity index (χ2n) is 7.62. The average molecular weight is 345 g/mol. The van der Waals surface area contributed by atoms with Crippen molar-refractivity contribution in [1.29, 1.82) is 0 Å². The SMILES string of the molecule is CC(C)c1cccc(C(C)C)c1NC(=O)CN1CCC(C(N)=O)CC1. The van der Waals surface area contributed by atoms with E-state index in [4.69, 9.17) is 5.73 Å². The topological polar surface area (TPSA) is 75.4 Å². The molecule has 0 unspecified atom stereocenters. The molecule has 1 aliphatic rings. The number of piperidine rings is 1. The molecule has 0 aromatic heterocycles. The molecule has 1 aromatic carbocycles. The van der Waals surface area contributed by atoms with Crippen LogP contribution in [-0.4, -0.2) is 36.3 Å². The van der Waals surface area contributed by atoms with Crippen molar-refractivity contribution in [2.45, 2.75) is 52.4 Å². The molecule has 2 rings (SSSR count). The molecule has 1 heterocycles. The number of nitrogens with zero attached hydrogens (tertiary/aromatic N) is 1. The summed E-state index contributed by atoms with van der Waals surface area (Å²) >= 11 is 0. The molecule has 0 bridgehead atoms. The van der Waals surface area contributed by atoms with Crippen LogP contribution in [-0.2, 0) is 9.59 Å². The molecule has 0 radical (unpaired) electrons. The van der Waals surface area contributed by atoms with Crippen LogP contribution in [0.5, 0.6) is 0 Å². The molecule has 5 nitrogen and oxygen atoms in total. The maximum atomic E-state index is 12.6. The number of rotatable bonds is 6. The van der Waals surface area contributed by atoms with Crippen molar-refractivity contribution in [3.05, 3.63) is 29.3 Å². The van der Waals surface area contributed by atoms with E-state index in [0.29, 0.717) is 18.4 Å². The molecule has 0 aliphatic carbocycles. The van der Waals surface area contributed by atoms with Gasteiger partial charge in [-0.1, -0.05) is 45.9 Å². The lowest BCUT2D eigenvalue weighted by Crippen LogP contribution is -2.42. The Bertz CT molecular complexity index is 591. The van der Waals surface area contributed by atoms with E-state index in [9.17, 15) is 9.59 Å². The molecular formula is C20H31N3O2. The largest absolute Gasteiger partial charge is 0.369 e. The minimum atomic E-state index is -0.225. The monoisotopic (exact) mass is 345 g/mol. The minimum Gasteiger partial charge on any atom is -0.369 e. The summed E-state index contributed by atoms with van der Waals surface area (Å²) in [4.78, 5) is 26.0. The molecule has 5 heteroatoms. The summed E-state index contributed by atoms with van der Waals surface area (Å²) in [6.07, 6.45) is 1.48. The smallest absolute Gasteiger partial charge is 0.238 e. The van der Waals surface area contributed by atoms with Crippen LogP contribution < -0.4 is 11.1 Å². The normalized spacial score (nSPS) is 16.4. The standard InChI is InChI=1S/C20H31N3O2/c1-13(2)16-6-5-7-17(14(3)4)19(16)22-18(24)12-23-10-8-15(9-11-23)20(21)25/h5-7,13-15H,8-12H2,1-4H3,(H2,21,25)(H,22,24). The number of para-hydroxylation sites is 1. The number of nitrogens with two attached hydrogens (primary N) is 1. The Balaban J connectivity index is 2.04. The average Bonchev–Trinajstić information content (AvgIpc) is 2.54. The highest BCUT2D eigenvalue weighted by Crippen LogP contribution is 2.32. The van der Waals surface area contributed by atoms with Crippen molar-refractivity contribution in [3.8, 4) is 0 Å². The van der Waals surface area contributed by atoms with Crippen molar-refractivity contribution in [2.24, 2.45) is 11.7 Å². The number of nitrogens with one attached hydrogen (secondary N) is 1. The Morgan fingerprint density at radius 2 is 1.64 bits per heavy atom. The van der Waals surface area contributed by atoms with Crippen LogP contribution in [0.2, 0.25) is 0 Å². The summed E-state index contributed by atoms with van der Waals surface area (Å²) in [6.45, 7) is 10.4. The van der Waals surface area contributed by atoms with Gasteiger partial charge in [-0.25, -0.2) is 0 Å². The fourth-order valence-electron chi connectivity index (χ4n) is 3.45. The number of benzene rings is 1. The first-order valence-electron chi connectivity index (χ1n) is 9.24. The fourth-order valence-corrected chi connectivity index (χ4v) is 3.45. The molecule has 3 N–H and O–H groups in total. The van der Waals surface area contributed by atoms with E-state index in [2.05, 4.69) is 56.1 Å². The van der Waals surface area contributed by atoms with E-state index in [-0.39, 0.29) is 17.7 Å². The first-order chi connectivity index (χ1) is 11.8. The van der Waals surface area contributed by atoms with Gasteiger partial charge in [0.05, 0.1) is 6.54 Å². The number of likely N-dealkylation sites (tertiary alicyclic amines) is 1. The predicted octanol–water partition coefficient (Wildman–Crippen LogP) is 3.07. The highest BCUT2D eigenvalue weighted by atomic mass is 16.2. The lowest BCUT2D eigenvalue weighted by molar-refractivity contribution is -0.123. The van der Waals surface area contributed by atoms with Crippen molar-refractivity contribution >= 4 is 17.5 Å². The number of anilines is 1. The van der Waals surface area contributed by atoms with Gasteiger partial charge in [-0.15, -0.1) is 0 Å². The van der Waals surface area contributed by atoms with Crippen molar-refractivity contribution in [3.63, 3.8) is 0 Å². The van der Waals surface area contributed by atoms with Gasteiger partial charge >= 0.3 is 0 Å². The molecule has 1 aromatic rings. The summed E-state index contributed by atoms with van der Waals surface area (Å²) < 4.78 is 0. The maximum absolute atomic E-state index is 12.6. The third kappa shape index (κ3) is 5.05. The molecule has 25 heavy (non-hydrogen) atoms. The van der Waals surface area contributed by atoms with Gasteiger partial charge in [0.1, 0.15) is 0 Å². The summed E-state index contributed by atoms with van der Waals surface area (Å²) in [6, 6.07) is 6.24. The van der Waals surface area contributed by atoms with Crippen molar-refractivity contribution in [2.75, 3.05) is 25.0 Å². The van der Waals surface area contributed by atoms with Crippen LogP contribution in [0.4, 0.5) is 5.69 Å². The number of hydrogen-bond acceptors (Lipinski definition) is 3. The summed E-state index contributed by atoms with van der Waals surface area (Å²) in [5, 5.41) is 3.15. The minimum absolute atomic E-state index is 0.00697. The first-order valence-corrected chi connectivity index (χ1v) is 9.24. The Labute approximate surface area is 151 Å². The summed E-state index contributed by atoms with van der Waals surface area (Å²) in [5.41, 5.74) is 8.68. The molecule has 0 atom stereocenters. The predicted molar refractivity (Wildman–Crippen MR) is 102 cm³/mol. The van der Waals surface area contributed by atoms with Gasteiger partial charge < -0.3 is 11.1 Å². The Kier molecular flexibility index (Phi) is 6.59. The second kappa shape index (κ2) is 8.48. The zero-order valence-electron chi connectivity index (χ0n) is 15.8. The van der Waals surface area contributed by atoms with Crippen molar-refractivity contribution in [1.82, 2.24) is 4.90 Å². The molecule has 2 amide bonds. The molecule has 1 saturated heterocycles. The van der Waals surface area contributed by atoms with Crippen LogP contribution in [0.1, 0.15) is 63.5 Å². The highest BCUT2D eigenvalue weighted by molar-refractivity contribution is 5.94. The van der Waals surface area contributed by atoms with E-state index in [1.165, 1.54) is 11.1 Å². The van der Waals surface area contributed by atoms with E-state index >= 15 is 0 Å². The second-order valence-corrected chi connectivity index (χ2v) is 7.62. The van der Waals surface area contributed by atoms with E-state index in [1.54, 1.807) is 0 Å². The quantitative estimate of drug-likeness (QED) is 0.832. The van der Waals surface area contributed by atoms with Gasteiger partial charge in [-0.3, -0.25) is 14.5 Å². The number of hydrogen-bond donors (Lipinski definition) is 2. The Morgan fingerprint density at radius 1 is 1.12 bits per heavy atom. The van der Waals surface area contributed by atoms with Crippen LogP contribution in [0.3, 0.4) is 0 Å². The Hall–Kier alpha value is -1.88. The third-order valence-corrected chi connectivity index (χ3v) is 4.99. The number of primary amides is 1. The molecule has 1 fully saturated rings.